The van der Waals surface area contributed by atoms with Crippen molar-refractivity contribution in [3.05, 3.63) is 71.5 Å². The number of halogens is 1. The molecule has 0 bridgehead atoms. The summed E-state index contributed by atoms with van der Waals surface area (Å²) in [6.07, 6.45) is 5.85. The molecule has 32 heavy (non-hydrogen) atoms. The van der Waals surface area contributed by atoms with Gasteiger partial charge in [-0.25, -0.2) is 4.39 Å². The summed E-state index contributed by atoms with van der Waals surface area (Å²) in [6.45, 7) is 2.08. The van der Waals surface area contributed by atoms with Crippen LogP contribution in [0.5, 0.6) is 0 Å². The predicted octanol–water partition coefficient (Wildman–Crippen LogP) is 5.32. The van der Waals surface area contributed by atoms with E-state index < -0.39 is 6.04 Å². The van der Waals surface area contributed by atoms with Crippen LogP contribution in [0, 0.1) is 5.82 Å². The molecule has 1 atom stereocenters. The third-order valence-electron chi connectivity index (χ3n) is 5.96. The van der Waals surface area contributed by atoms with Gasteiger partial charge in [0.1, 0.15) is 11.9 Å². The summed E-state index contributed by atoms with van der Waals surface area (Å²) < 4.78 is 13.3. The highest BCUT2D eigenvalue weighted by Gasteiger charge is 2.27. The fourth-order valence-electron chi connectivity index (χ4n) is 4.01. The van der Waals surface area contributed by atoms with Crippen LogP contribution in [-0.2, 0) is 21.9 Å². The molecule has 1 N–H and O–H groups in total. The van der Waals surface area contributed by atoms with Crippen LogP contribution in [0.3, 0.4) is 0 Å². The van der Waals surface area contributed by atoms with Crippen LogP contribution in [0.4, 0.5) is 4.39 Å². The molecule has 0 spiro atoms. The van der Waals surface area contributed by atoms with Gasteiger partial charge in [0.25, 0.3) is 0 Å². The second-order valence-electron chi connectivity index (χ2n) is 8.46. The number of carbonyl (C=O) groups excluding carboxylic acids is 2. The number of rotatable bonds is 10. The Morgan fingerprint density at radius 1 is 1.03 bits per heavy atom. The third kappa shape index (κ3) is 7.66. The summed E-state index contributed by atoms with van der Waals surface area (Å²) in [7, 11) is 0. The average Bonchev–Trinajstić information content (AvgIpc) is 2.82. The first-order valence-corrected chi connectivity index (χ1v) is 12.6. The molecule has 0 aromatic heterocycles. The lowest BCUT2D eigenvalue weighted by atomic mass is 9.95. The highest BCUT2D eigenvalue weighted by Crippen LogP contribution is 2.19. The Kier molecular flexibility index (Phi) is 9.60. The molecular weight excluding hydrogens is 423 g/mol. The molecule has 0 unspecified atom stereocenters. The number of nitrogens with one attached hydrogen (secondary N) is 1. The summed E-state index contributed by atoms with van der Waals surface area (Å²) in [5.74, 6) is 1.06. The van der Waals surface area contributed by atoms with E-state index in [4.69, 9.17) is 0 Å². The van der Waals surface area contributed by atoms with E-state index in [-0.39, 0.29) is 23.7 Å². The Hall–Kier alpha value is -2.34. The summed E-state index contributed by atoms with van der Waals surface area (Å²) in [4.78, 5) is 27.7. The zero-order chi connectivity index (χ0) is 22.8. The van der Waals surface area contributed by atoms with E-state index in [1.165, 1.54) is 24.1 Å². The number of hydrogen-bond donors (Lipinski definition) is 1. The maximum Gasteiger partial charge on any atom is 0.242 e. The zero-order valence-corrected chi connectivity index (χ0v) is 19.6. The second-order valence-corrected chi connectivity index (χ2v) is 9.56. The minimum atomic E-state index is -0.575. The SMILES string of the molecule is C[C@H](C(=O)NC1CCCCC1)N(Cc1ccc(F)cc1)C(=O)CCSCc1ccccc1. The quantitative estimate of drug-likeness (QED) is 0.493. The minimum Gasteiger partial charge on any atom is -0.352 e. The van der Waals surface area contributed by atoms with Gasteiger partial charge in [0.05, 0.1) is 0 Å². The van der Waals surface area contributed by atoms with E-state index in [1.807, 2.05) is 18.2 Å². The molecule has 4 nitrogen and oxygen atoms in total. The van der Waals surface area contributed by atoms with Crippen molar-refractivity contribution >= 4 is 23.6 Å². The van der Waals surface area contributed by atoms with Gasteiger partial charge >= 0.3 is 0 Å². The van der Waals surface area contributed by atoms with Crippen molar-refractivity contribution in [1.29, 1.82) is 0 Å². The lowest BCUT2D eigenvalue weighted by Gasteiger charge is -2.31. The van der Waals surface area contributed by atoms with Gasteiger partial charge in [-0.3, -0.25) is 9.59 Å². The van der Waals surface area contributed by atoms with Gasteiger partial charge in [-0.05, 0) is 43.0 Å². The Balaban J connectivity index is 1.59. The molecule has 6 heteroatoms. The van der Waals surface area contributed by atoms with E-state index in [0.717, 1.165) is 37.0 Å². The molecule has 0 heterocycles. The average molecular weight is 457 g/mol. The highest BCUT2D eigenvalue weighted by molar-refractivity contribution is 7.98. The predicted molar refractivity (Wildman–Crippen MR) is 129 cm³/mol. The molecule has 172 valence electrons. The highest BCUT2D eigenvalue weighted by atomic mass is 32.2. The molecule has 0 aliphatic heterocycles. The maximum atomic E-state index is 13.3. The van der Waals surface area contributed by atoms with Crippen molar-refractivity contribution < 1.29 is 14.0 Å². The van der Waals surface area contributed by atoms with Gasteiger partial charge in [-0.15, -0.1) is 0 Å². The van der Waals surface area contributed by atoms with E-state index in [2.05, 4.69) is 17.4 Å². The van der Waals surface area contributed by atoms with Gasteiger partial charge in [0, 0.05) is 30.5 Å². The van der Waals surface area contributed by atoms with E-state index in [1.54, 1.807) is 35.7 Å². The van der Waals surface area contributed by atoms with Crippen LogP contribution in [-0.4, -0.2) is 34.6 Å². The minimum absolute atomic E-state index is 0.0545. The second kappa shape index (κ2) is 12.6. The molecule has 2 aromatic carbocycles. The van der Waals surface area contributed by atoms with Crippen molar-refractivity contribution in [2.75, 3.05) is 5.75 Å². The Labute approximate surface area is 195 Å². The van der Waals surface area contributed by atoms with Crippen molar-refractivity contribution in [3.8, 4) is 0 Å². The first kappa shape index (κ1) is 24.3. The molecule has 2 amide bonds. The van der Waals surface area contributed by atoms with Crippen LogP contribution < -0.4 is 5.32 Å². The molecule has 0 saturated heterocycles. The Morgan fingerprint density at radius 2 is 1.72 bits per heavy atom. The van der Waals surface area contributed by atoms with Crippen molar-refractivity contribution in [2.45, 2.75) is 69.8 Å². The van der Waals surface area contributed by atoms with Gasteiger partial charge in [0.15, 0.2) is 0 Å². The number of carbonyl (C=O) groups is 2. The molecular formula is C26H33FN2O2S. The standard InChI is InChI=1S/C26H33FN2O2S/c1-20(26(31)28-24-10-6-3-7-11-24)29(18-21-12-14-23(27)15-13-21)25(30)16-17-32-19-22-8-4-2-5-9-22/h2,4-5,8-9,12-15,20,24H,3,6-7,10-11,16-19H2,1H3,(H,28,31)/t20-/m1/s1. The number of thioether (sulfide) groups is 1. The van der Waals surface area contributed by atoms with Crippen LogP contribution in [0.15, 0.2) is 54.6 Å². The van der Waals surface area contributed by atoms with E-state index in [0.29, 0.717) is 18.7 Å². The first-order valence-electron chi connectivity index (χ1n) is 11.5. The molecule has 1 aliphatic carbocycles. The molecule has 1 saturated carbocycles. The zero-order valence-electron chi connectivity index (χ0n) is 18.8. The van der Waals surface area contributed by atoms with Crippen LogP contribution in [0.1, 0.15) is 56.6 Å². The summed E-state index contributed by atoms with van der Waals surface area (Å²) in [5.41, 5.74) is 2.04. The normalized spacial score (nSPS) is 15.2. The van der Waals surface area contributed by atoms with Crippen molar-refractivity contribution in [1.82, 2.24) is 10.2 Å². The van der Waals surface area contributed by atoms with E-state index >= 15 is 0 Å². The lowest BCUT2D eigenvalue weighted by Crippen LogP contribution is -2.50. The van der Waals surface area contributed by atoms with E-state index in [9.17, 15) is 14.0 Å². The molecule has 3 rings (SSSR count). The van der Waals surface area contributed by atoms with Crippen molar-refractivity contribution in [2.24, 2.45) is 0 Å². The maximum absolute atomic E-state index is 13.3. The summed E-state index contributed by atoms with van der Waals surface area (Å²) >= 11 is 1.71. The third-order valence-corrected chi connectivity index (χ3v) is 6.99. The monoisotopic (exact) mass is 456 g/mol. The smallest absolute Gasteiger partial charge is 0.242 e. The molecule has 2 aromatic rings. The van der Waals surface area contributed by atoms with Crippen LogP contribution in [0.2, 0.25) is 0 Å². The van der Waals surface area contributed by atoms with Gasteiger partial charge < -0.3 is 10.2 Å². The number of nitrogens with zero attached hydrogens (tertiary/aromatic N) is 1. The molecule has 1 aliphatic rings. The Bertz CT molecular complexity index is 854. The lowest BCUT2D eigenvalue weighted by molar-refractivity contribution is -0.140. The van der Waals surface area contributed by atoms with Crippen molar-refractivity contribution in [3.63, 3.8) is 0 Å². The van der Waals surface area contributed by atoms with Gasteiger partial charge in [0.2, 0.25) is 11.8 Å². The number of hydrogen-bond acceptors (Lipinski definition) is 3. The largest absolute Gasteiger partial charge is 0.352 e. The molecule has 0 radical (unpaired) electrons. The number of benzene rings is 2. The van der Waals surface area contributed by atoms with Gasteiger partial charge in [-0.2, -0.15) is 11.8 Å². The first-order chi connectivity index (χ1) is 15.5. The van der Waals surface area contributed by atoms with Crippen LogP contribution >= 0.6 is 11.8 Å². The van der Waals surface area contributed by atoms with Crippen LogP contribution in [0.25, 0.3) is 0 Å². The Morgan fingerprint density at radius 3 is 2.41 bits per heavy atom. The molecule has 1 fully saturated rings. The van der Waals surface area contributed by atoms with Gasteiger partial charge in [-0.1, -0.05) is 61.7 Å². The fraction of sp³-hybridized carbons (Fsp3) is 0.462. The fourth-order valence-corrected chi connectivity index (χ4v) is 4.90. The topological polar surface area (TPSA) is 49.4 Å². The number of amides is 2. The summed E-state index contributed by atoms with van der Waals surface area (Å²) in [6, 6.07) is 15.9. The summed E-state index contributed by atoms with van der Waals surface area (Å²) in [5, 5.41) is 3.14.